The zero-order chi connectivity index (χ0) is 9.84. The van der Waals surface area contributed by atoms with Crippen LogP contribution in [0.4, 0.5) is 0 Å². The zero-order valence-electron chi connectivity index (χ0n) is 7.52. The highest BCUT2D eigenvalue weighted by Gasteiger charge is 2.12. The van der Waals surface area contributed by atoms with E-state index in [2.05, 4.69) is 4.98 Å². The number of nitrogens with zero attached hydrogens (tertiary/aromatic N) is 1. The predicted octanol–water partition coefficient (Wildman–Crippen LogP) is 1.24. The molecule has 1 aromatic heterocycles. The average Bonchev–Trinajstić information content (AvgIpc) is 2.04. The summed E-state index contributed by atoms with van der Waals surface area (Å²) in [6.07, 6.45) is -0.866. The number of aromatic nitrogens is 1. The molecule has 4 nitrogen and oxygen atoms in total. The van der Waals surface area contributed by atoms with Crippen LogP contribution in [0.1, 0.15) is 12.6 Å². The Balaban J connectivity index is 2.69. The van der Waals surface area contributed by atoms with Crippen molar-refractivity contribution in [3.8, 4) is 5.88 Å². The van der Waals surface area contributed by atoms with Gasteiger partial charge in [-0.25, -0.2) is 9.78 Å². The number of aliphatic carboxylic acids is 1. The van der Waals surface area contributed by atoms with E-state index in [1.54, 1.807) is 12.1 Å². The molecule has 1 unspecified atom stereocenters. The van der Waals surface area contributed by atoms with Crippen molar-refractivity contribution in [2.75, 3.05) is 0 Å². The fourth-order valence-electron chi connectivity index (χ4n) is 0.815. The molecule has 0 spiro atoms. The summed E-state index contributed by atoms with van der Waals surface area (Å²) in [5.74, 6) is -0.654. The minimum atomic E-state index is -0.997. The number of aryl methyl sites for hydroxylation is 1. The lowest BCUT2D eigenvalue weighted by Gasteiger charge is -2.08. The maximum atomic E-state index is 10.4. The monoisotopic (exact) mass is 181 g/mol. The van der Waals surface area contributed by atoms with Gasteiger partial charge in [0.25, 0.3) is 0 Å². The molecule has 1 rings (SSSR count). The van der Waals surface area contributed by atoms with Crippen LogP contribution in [0.15, 0.2) is 18.2 Å². The number of rotatable bonds is 3. The molecular formula is C9H11NO3. The van der Waals surface area contributed by atoms with Gasteiger partial charge >= 0.3 is 5.97 Å². The van der Waals surface area contributed by atoms with Gasteiger partial charge in [0, 0.05) is 11.8 Å². The summed E-state index contributed by atoms with van der Waals surface area (Å²) in [6.45, 7) is 3.28. The van der Waals surface area contributed by atoms with E-state index in [9.17, 15) is 4.79 Å². The van der Waals surface area contributed by atoms with Crippen LogP contribution in [-0.2, 0) is 4.79 Å². The number of hydrogen-bond acceptors (Lipinski definition) is 3. The van der Waals surface area contributed by atoms with Crippen molar-refractivity contribution in [1.29, 1.82) is 0 Å². The first-order valence-corrected chi connectivity index (χ1v) is 3.92. The molecule has 1 aromatic rings. The van der Waals surface area contributed by atoms with Gasteiger partial charge in [-0.1, -0.05) is 6.07 Å². The van der Waals surface area contributed by atoms with Crippen LogP contribution < -0.4 is 4.74 Å². The largest absolute Gasteiger partial charge is 0.479 e. The van der Waals surface area contributed by atoms with E-state index in [-0.39, 0.29) is 0 Å². The van der Waals surface area contributed by atoms with Crippen LogP contribution >= 0.6 is 0 Å². The van der Waals surface area contributed by atoms with Crippen LogP contribution in [0.2, 0.25) is 0 Å². The van der Waals surface area contributed by atoms with Gasteiger partial charge in [-0.15, -0.1) is 0 Å². The zero-order valence-corrected chi connectivity index (χ0v) is 7.52. The van der Waals surface area contributed by atoms with Crippen LogP contribution in [-0.4, -0.2) is 22.2 Å². The molecule has 13 heavy (non-hydrogen) atoms. The Kier molecular flexibility index (Phi) is 2.84. The summed E-state index contributed by atoms with van der Waals surface area (Å²) >= 11 is 0. The summed E-state index contributed by atoms with van der Waals surface area (Å²) in [6, 6.07) is 5.22. The highest BCUT2D eigenvalue weighted by atomic mass is 16.5. The molecular weight excluding hydrogens is 170 g/mol. The summed E-state index contributed by atoms with van der Waals surface area (Å²) in [4.78, 5) is 14.4. The van der Waals surface area contributed by atoms with E-state index >= 15 is 0 Å². The first kappa shape index (κ1) is 9.51. The van der Waals surface area contributed by atoms with E-state index in [0.717, 1.165) is 5.69 Å². The number of hydrogen-bond donors (Lipinski definition) is 1. The third kappa shape index (κ3) is 2.74. The molecule has 0 bridgehead atoms. The maximum Gasteiger partial charge on any atom is 0.344 e. The SMILES string of the molecule is Cc1cccc(OC(C)C(=O)O)n1. The maximum absolute atomic E-state index is 10.4. The van der Waals surface area contributed by atoms with Crippen LogP contribution in [0.3, 0.4) is 0 Å². The minimum absolute atomic E-state index is 0.343. The molecule has 0 fully saturated rings. The van der Waals surface area contributed by atoms with Crippen molar-refractivity contribution in [3.63, 3.8) is 0 Å². The Hall–Kier alpha value is -1.58. The topological polar surface area (TPSA) is 59.4 Å². The lowest BCUT2D eigenvalue weighted by atomic mass is 10.4. The predicted molar refractivity (Wildman–Crippen MR) is 46.7 cm³/mol. The van der Waals surface area contributed by atoms with Crippen molar-refractivity contribution < 1.29 is 14.6 Å². The molecule has 0 saturated carbocycles. The van der Waals surface area contributed by atoms with E-state index in [1.165, 1.54) is 6.92 Å². The lowest BCUT2D eigenvalue weighted by molar-refractivity contribution is -0.144. The van der Waals surface area contributed by atoms with Crippen LogP contribution in [0.5, 0.6) is 5.88 Å². The number of carboxylic acids is 1. The number of carboxylic acid groups (broad SMARTS) is 1. The van der Waals surface area contributed by atoms with Crippen molar-refractivity contribution in [2.24, 2.45) is 0 Å². The Labute approximate surface area is 76.2 Å². The highest BCUT2D eigenvalue weighted by molar-refractivity contribution is 5.72. The molecule has 4 heteroatoms. The molecule has 1 heterocycles. The molecule has 1 N–H and O–H groups in total. The van der Waals surface area contributed by atoms with Gasteiger partial charge in [0.05, 0.1) is 0 Å². The summed E-state index contributed by atoms with van der Waals surface area (Å²) in [5, 5.41) is 8.56. The van der Waals surface area contributed by atoms with Gasteiger partial charge in [-0.3, -0.25) is 0 Å². The van der Waals surface area contributed by atoms with Gasteiger partial charge in [-0.05, 0) is 19.9 Å². The normalized spacial score (nSPS) is 12.2. The molecule has 0 aliphatic carbocycles. The van der Waals surface area contributed by atoms with Gasteiger partial charge in [-0.2, -0.15) is 0 Å². The molecule has 0 aromatic carbocycles. The van der Waals surface area contributed by atoms with Gasteiger partial charge in [0.1, 0.15) is 0 Å². The molecule has 70 valence electrons. The summed E-state index contributed by atoms with van der Waals surface area (Å²) in [7, 11) is 0. The number of carbonyl (C=O) groups is 1. The van der Waals surface area contributed by atoms with Crippen molar-refractivity contribution in [1.82, 2.24) is 4.98 Å². The fraction of sp³-hybridized carbons (Fsp3) is 0.333. The number of ether oxygens (including phenoxy) is 1. The lowest BCUT2D eigenvalue weighted by Crippen LogP contribution is -2.23. The first-order valence-electron chi connectivity index (χ1n) is 3.92. The Bertz CT molecular complexity index is 311. The standard InChI is InChI=1S/C9H11NO3/c1-6-4-3-5-8(10-6)13-7(2)9(11)12/h3-5,7H,1-2H3,(H,11,12). The van der Waals surface area contributed by atoms with Gasteiger partial charge < -0.3 is 9.84 Å². The minimum Gasteiger partial charge on any atom is -0.479 e. The molecule has 0 saturated heterocycles. The quantitative estimate of drug-likeness (QED) is 0.762. The Morgan fingerprint density at radius 1 is 1.62 bits per heavy atom. The third-order valence-electron chi connectivity index (χ3n) is 1.51. The fourth-order valence-corrected chi connectivity index (χ4v) is 0.815. The third-order valence-corrected chi connectivity index (χ3v) is 1.51. The van der Waals surface area contributed by atoms with Crippen LogP contribution in [0, 0.1) is 6.92 Å². The van der Waals surface area contributed by atoms with Crippen molar-refractivity contribution in [3.05, 3.63) is 23.9 Å². The van der Waals surface area contributed by atoms with Crippen molar-refractivity contribution in [2.45, 2.75) is 20.0 Å². The first-order chi connectivity index (χ1) is 6.09. The highest BCUT2D eigenvalue weighted by Crippen LogP contribution is 2.08. The van der Waals surface area contributed by atoms with E-state index < -0.39 is 12.1 Å². The average molecular weight is 181 g/mol. The Morgan fingerprint density at radius 2 is 2.31 bits per heavy atom. The second kappa shape index (κ2) is 3.89. The second-order valence-electron chi connectivity index (χ2n) is 2.72. The molecule has 1 atom stereocenters. The van der Waals surface area contributed by atoms with Crippen LogP contribution in [0.25, 0.3) is 0 Å². The second-order valence-corrected chi connectivity index (χ2v) is 2.72. The number of pyridine rings is 1. The molecule has 0 radical (unpaired) electrons. The van der Waals surface area contributed by atoms with E-state index in [1.807, 2.05) is 13.0 Å². The van der Waals surface area contributed by atoms with Crippen molar-refractivity contribution >= 4 is 5.97 Å². The smallest absolute Gasteiger partial charge is 0.344 e. The summed E-state index contributed by atoms with van der Waals surface area (Å²) in [5.41, 5.74) is 0.801. The van der Waals surface area contributed by atoms with Gasteiger partial charge in [0.2, 0.25) is 5.88 Å². The summed E-state index contributed by atoms with van der Waals surface area (Å²) < 4.78 is 5.05. The Morgan fingerprint density at radius 3 is 2.85 bits per heavy atom. The molecule has 0 amide bonds. The van der Waals surface area contributed by atoms with E-state index in [0.29, 0.717) is 5.88 Å². The van der Waals surface area contributed by atoms with E-state index in [4.69, 9.17) is 9.84 Å². The molecule has 0 aliphatic rings. The molecule has 0 aliphatic heterocycles. The van der Waals surface area contributed by atoms with Gasteiger partial charge in [0.15, 0.2) is 6.10 Å².